The van der Waals surface area contributed by atoms with Crippen LogP contribution in [-0.2, 0) is 0 Å². The predicted molar refractivity (Wildman–Crippen MR) is 150 cm³/mol. The first kappa shape index (κ1) is 24.7. The first-order valence-electron chi connectivity index (χ1n) is 13.6. The van der Waals surface area contributed by atoms with E-state index in [1.165, 1.54) is 36.5 Å². The molecule has 0 saturated heterocycles. The minimum absolute atomic E-state index is 0.0165. The van der Waals surface area contributed by atoms with Gasteiger partial charge in [-0.1, -0.05) is 47.7 Å². The van der Waals surface area contributed by atoms with Crippen LogP contribution < -0.4 is 10.6 Å². The third kappa shape index (κ3) is 5.41. The summed E-state index contributed by atoms with van der Waals surface area (Å²) in [6.45, 7) is 0. The molecule has 8 nitrogen and oxygen atoms in total. The Morgan fingerprint density at radius 2 is 1.80 bits per heavy atom. The van der Waals surface area contributed by atoms with Crippen molar-refractivity contribution >= 4 is 22.3 Å². The number of nitrogens with one attached hydrogen (secondary N) is 2. The van der Waals surface area contributed by atoms with Gasteiger partial charge in [0.2, 0.25) is 0 Å². The molecular weight excluding hydrogens is 522 g/mol. The van der Waals surface area contributed by atoms with E-state index in [0.717, 1.165) is 18.4 Å². The molecule has 2 unspecified atom stereocenters. The van der Waals surface area contributed by atoms with E-state index in [1.54, 1.807) is 16.9 Å². The predicted octanol–water partition coefficient (Wildman–Crippen LogP) is 6.58. The van der Waals surface area contributed by atoms with Crippen molar-refractivity contribution < 1.29 is 10.2 Å². The molecule has 202 valence electrons. The van der Waals surface area contributed by atoms with E-state index in [9.17, 15) is 16.3 Å². The highest BCUT2D eigenvalue weighted by atomic mass is 19.1. The summed E-state index contributed by atoms with van der Waals surface area (Å²) in [6.07, 6.45) is 4.99. The Balaban J connectivity index is 1.46. The van der Waals surface area contributed by atoms with Crippen molar-refractivity contribution in [3.63, 3.8) is 0 Å². The number of hydrogen-bond acceptors (Lipinski definition) is 7. The molecule has 2 aromatic heterocycles. The van der Waals surface area contributed by atoms with Crippen LogP contribution in [0, 0.1) is 34.3 Å². The number of halogens is 2. The van der Waals surface area contributed by atoms with Crippen LogP contribution in [0.4, 0.5) is 20.2 Å². The van der Waals surface area contributed by atoms with E-state index in [-0.39, 0.29) is 34.9 Å². The summed E-state index contributed by atoms with van der Waals surface area (Å²) >= 11 is 0. The molecule has 5 aromatic rings. The highest BCUT2D eigenvalue weighted by Crippen LogP contribution is 2.37. The first-order valence-corrected chi connectivity index (χ1v) is 13.1. The van der Waals surface area contributed by atoms with E-state index < -0.39 is 23.7 Å². The third-order valence-electron chi connectivity index (χ3n) is 6.95. The van der Waals surface area contributed by atoms with Crippen molar-refractivity contribution in [2.45, 2.75) is 37.4 Å². The van der Waals surface area contributed by atoms with Crippen LogP contribution in [0.2, 0.25) is 0 Å². The lowest BCUT2D eigenvalue weighted by atomic mass is 10.0. The van der Waals surface area contributed by atoms with Gasteiger partial charge in [-0.25, -0.2) is 13.5 Å². The molecule has 2 heterocycles. The molecule has 3 aromatic carbocycles. The number of benzene rings is 3. The molecule has 0 spiro atoms. The van der Waals surface area contributed by atoms with E-state index in [2.05, 4.69) is 38.1 Å². The highest BCUT2D eigenvalue weighted by molar-refractivity contribution is 5.96. The molecule has 0 bridgehead atoms. The van der Waals surface area contributed by atoms with Crippen molar-refractivity contribution in [3.8, 4) is 12.1 Å². The number of rotatable bonds is 9. The lowest BCUT2D eigenvalue weighted by molar-refractivity contribution is 0.610. The number of nitriles is 2. The van der Waals surface area contributed by atoms with E-state index in [4.69, 9.17) is 0 Å². The summed E-state index contributed by atoms with van der Waals surface area (Å²) in [4.78, 5) is 4.19. The quantitative estimate of drug-likeness (QED) is 0.214. The van der Waals surface area contributed by atoms with Crippen molar-refractivity contribution in [2.75, 3.05) is 10.6 Å². The van der Waals surface area contributed by atoms with Gasteiger partial charge in [0.15, 0.2) is 5.82 Å². The average molecular weight is 548 g/mol. The molecular formula is C31H24F2N8. The molecule has 2 N–H and O–H groups in total. The molecule has 41 heavy (non-hydrogen) atoms. The van der Waals surface area contributed by atoms with Crippen LogP contribution in [0.5, 0.6) is 0 Å². The van der Waals surface area contributed by atoms with Gasteiger partial charge in [0.1, 0.15) is 23.1 Å². The fraction of sp³-hybridized carbons (Fsp3) is 0.194. The van der Waals surface area contributed by atoms with Gasteiger partial charge in [0.25, 0.3) is 0 Å². The molecule has 1 saturated carbocycles. The Labute approximate surface area is 236 Å². The number of pyridine rings is 1. The van der Waals surface area contributed by atoms with Gasteiger partial charge in [-0.05, 0) is 48.2 Å². The third-order valence-corrected chi connectivity index (χ3v) is 6.95. The SMILES string of the molecule is [2H]C(Nc1cc(F)c2ncc(C#N)c(NC(CC#N)c3ccccc3)c2c1)(c1ccc(F)cc1)c1cn(C2CC2)nn1. The smallest absolute Gasteiger partial charge is 0.151 e. The fourth-order valence-corrected chi connectivity index (χ4v) is 4.73. The van der Waals surface area contributed by atoms with E-state index in [1.807, 2.05) is 30.3 Å². The molecule has 1 aliphatic rings. The van der Waals surface area contributed by atoms with Crippen molar-refractivity contribution in [1.29, 1.82) is 10.5 Å². The Morgan fingerprint density at radius 1 is 1.02 bits per heavy atom. The Morgan fingerprint density at radius 3 is 2.51 bits per heavy atom. The summed E-state index contributed by atoms with van der Waals surface area (Å²) in [5.74, 6) is -1.14. The topological polar surface area (TPSA) is 115 Å². The monoisotopic (exact) mass is 547 g/mol. The zero-order valence-electron chi connectivity index (χ0n) is 22.7. The average Bonchev–Trinajstić information content (AvgIpc) is 3.73. The second-order valence-electron chi connectivity index (χ2n) is 9.80. The largest absolute Gasteiger partial charge is 0.376 e. The molecule has 1 aliphatic carbocycles. The molecule has 0 amide bonds. The number of fused-ring (bicyclic) bond motifs is 1. The van der Waals surface area contributed by atoms with Crippen LogP contribution in [0.15, 0.2) is 79.1 Å². The number of aromatic nitrogens is 4. The Kier molecular flexibility index (Phi) is 6.64. The summed E-state index contributed by atoms with van der Waals surface area (Å²) in [7, 11) is 0. The minimum atomic E-state index is -1.76. The van der Waals surface area contributed by atoms with Gasteiger partial charge in [0.05, 0.1) is 49.4 Å². The minimum Gasteiger partial charge on any atom is -0.376 e. The summed E-state index contributed by atoms with van der Waals surface area (Å²) in [5, 5.41) is 34.5. The zero-order chi connectivity index (χ0) is 29.3. The summed E-state index contributed by atoms with van der Waals surface area (Å²) in [5.41, 5.74) is 2.14. The van der Waals surface area contributed by atoms with Crippen molar-refractivity contribution in [2.24, 2.45) is 0 Å². The number of hydrogen-bond donors (Lipinski definition) is 2. The molecule has 0 radical (unpaired) electrons. The van der Waals surface area contributed by atoms with Crippen LogP contribution in [0.25, 0.3) is 10.9 Å². The second kappa shape index (κ2) is 11.0. The first-order chi connectivity index (χ1) is 20.4. The van der Waals surface area contributed by atoms with Crippen LogP contribution in [0.3, 0.4) is 0 Å². The standard InChI is InChI=1S/C31H24F2N8/c32-22-8-6-20(7-9-22)30(28-18-41(40-39-28)24-10-11-24)37-23-14-25-29(21(16-35)17-36-31(25)26(33)15-23)38-27(12-13-34)19-4-2-1-3-5-19/h1-9,14-15,17-18,24,27,30,37H,10-12H2,(H,36,38)/i30D. The fourth-order valence-electron chi connectivity index (χ4n) is 4.73. The number of nitrogens with zero attached hydrogens (tertiary/aromatic N) is 6. The van der Waals surface area contributed by atoms with Crippen LogP contribution in [0.1, 0.15) is 61.1 Å². The highest BCUT2D eigenvalue weighted by Gasteiger charge is 2.27. The molecule has 2 atom stereocenters. The van der Waals surface area contributed by atoms with Crippen LogP contribution in [-0.4, -0.2) is 20.0 Å². The van der Waals surface area contributed by atoms with Crippen molar-refractivity contribution in [1.82, 2.24) is 20.0 Å². The van der Waals surface area contributed by atoms with Gasteiger partial charge < -0.3 is 10.6 Å². The molecule has 1 fully saturated rings. The normalized spacial score (nSPS) is 15.3. The lowest BCUT2D eigenvalue weighted by Gasteiger charge is -2.22. The van der Waals surface area contributed by atoms with Gasteiger partial charge in [-0.2, -0.15) is 10.5 Å². The van der Waals surface area contributed by atoms with Gasteiger partial charge >= 0.3 is 0 Å². The maximum Gasteiger partial charge on any atom is 0.151 e. The maximum atomic E-state index is 15.6. The second-order valence-corrected chi connectivity index (χ2v) is 9.80. The molecule has 0 aliphatic heterocycles. The van der Waals surface area contributed by atoms with Gasteiger partial charge in [0, 0.05) is 17.3 Å². The maximum absolute atomic E-state index is 15.6. The van der Waals surface area contributed by atoms with Gasteiger partial charge in [-0.15, -0.1) is 5.10 Å². The van der Waals surface area contributed by atoms with Crippen LogP contribution >= 0.6 is 0 Å². The van der Waals surface area contributed by atoms with Crippen molar-refractivity contribution in [3.05, 3.63) is 113 Å². The summed E-state index contributed by atoms with van der Waals surface area (Å²) < 4.78 is 40.6. The van der Waals surface area contributed by atoms with Gasteiger partial charge in [-0.3, -0.25) is 4.98 Å². The molecule has 6 rings (SSSR count). The Bertz CT molecular complexity index is 1840. The zero-order valence-corrected chi connectivity index (χ0v) is 21.7. The number of anilines is 2. The lowest BCUT2D eigenvalue weighted by Crippen LogP contribution is -2.14. The molecule has 10 heteroatoms. The van der Waals surface area contributed by atoms with E-state index in [0.29, 0.717) is 16.6 Å². The van der Waals surface area contributed by atoms with E-state index >= 15 is 4.39 Å². The Hall–Kier alpha value is -5.35. The summed E-state index contributed by atoms with van der Waals surface area (Å²) in [6, 6.07) is 19.8.